The van der Waals surface area contributed by atoms with Crippen molar-refractivity contribution in [2.24, 2.45) is 0 Å². The summed E-state index contributed by atoms with van der Waals surface area (Å²) in [5.74, 6) is 0.926. The molecule has 2 N–H and O–H groups in total. The molecule has 0 bridgehead atoms. The molecule has 1 aliphatic rings. The molecule has 1 amide bonds. The molecule has 2 atom stereocenters. The first kappa shape index (κ1) is 15.8. The van der Waals surface area contributed by atoms with Crippen molar-refractivity contribution in [3.8, 4) is 0 Å². The highest BCUT2D eigenvalue weighted by molar-refractivity contribution is 5.95. The first-order valence-electron chi connectivity index (χ1n) is 7.63. The van der Waals surface area contributed by atoms with Crippen LogP contribution >= 0.6 is 0 Å². The van der Waals surface area contributed by atoms with E-state index in [0.29, 0.717) is 5.56 Å². The van der Waals surface area contributed by atoms with Crippen molar-refractivity contribution in [3.05, 3.63) is 23.4 Å². The van der Waals surface area contributed by atoms with Crippen LogP contribution in [0.15, 0.2) is 12.1 Å². The van der Waals surface area contributed by atoms with Gasteiger partial charge in [0.1, 0.15) is 5.82 Å². The van der Waals surface area contributed by atoms with E-state index >= 15 is 0 Å². The van der Waals surface area contributed by atoms with E-state index < -0.39 is 0 Å². The Hall–Kier alpha value is -1.62. The molecule has 0 spiro atoms. The van der Waals surface area contributed by atoms with Crippen molar-refractivity contribution < 1.29 is 9.53 Å². The fourth-order valence-electron chi connectivity index (χ4n) is 2.49. The number of hydrogen-bond acceptors (Lipinski definition) is 4. The van der Waals surface area contributed by atoms with Gasteiger partial charge in [0.2, 0.25) is 0 Å². The number of anilines is 1. The minimum absolute atomic E-state index is 0.0219. The first-order chi connectivity index (χ1) is 10.0. The minimum Gasteiger partial charge on any atom is -0.376 e. The fourth-order valence-corrected chi connectivity index (χ4v) is 2.49. The molecule has 1 aromatic rings. The van der Waals surface area contributed by atoms with Crippen LogP contribution in [0.5, 0.6) is 0 Å². The topological polar surface area (TPSA) is 63.2 Å². The average molecular weight is 291 g/mol. The second-order valence-corrected chi connectivity index (χ2v) is 5.88. The second-order valence-electron chi connectivity index (χ2n) is 5.88. The lowest BCUT2D eigenvalue weighted by molar-refractivity contribution is 0.0712. The SMILES string of the molecule is CNc1cc(C(=O)NC(C)C2CCCO2)cc(C(C)C)n1. The molecular formula is C16H25N3O2. The number of ether oxygens (including phenoxy) is 1. The van der Waals surface area contributed by atoms with Crippen LogP contribution < -0.4 is 10.6 Å². The summed E-state index contributed by atoms with van der Waals surface area (Å²) >= 11 is 0. The van der Waals surface area contributed by atoms with E-state index in [-0.39, 0.29) is 24.0 Å². The molecule has 1 fully saturated rings. The Labute approximate surface area is 126 Å². The van der Waals surface area contributed by atoms with Gasteiger partial charge in [0.15, 0.2) is 0 Å². The van der Waals surface area contributed by atoms with Crippen LogP contribution in [0.1, 0.15) is 55.6 Å². The highest BCUT2D eigenvalue weighted by atomic mass is 16.5. The largest absolute Gasteiger partial charge is 0.376 e. The van der Waals surface area contributed by atoms with Crippen LogP contribution in [-0.4, -0.2) is 36.7 Å². The maximum absolute atomic E-state index is 12.4. The molecule has 1 saturated heterocycles. The molecule has 21 heavy (non-hydrogen) atoms. The fraction of sp³-hybridized carbons (Fsp3) is 0.625. The Morgan fingerprint density at radius 2 is 2.14 bits per heavy atom. The first-order valence-corrected chi connectivity index (χ1v) is 7.63. The van der Waals surface area contributed by atoms with E-state index in [9.17, 15) is 4.79 Å². The standard InChI is InChI=1S/C16H25N3O2/c1-10(2)13-8-12(9-15(17-4)19-13)16(20)18-11(3)14-6-5-7-21-14/h8-11,14H,5-7H2,1-4H3,(H,17,19)(H,18,20). The van der Waals surface area contributed by atoms with E-state index in [1.807, 2.05) is 20.0 Å². The monoisotopic (exact) mass is 291 g/mol. The predicted octanol–water partition coefficient (Wildman–Crippen LogP) is 2.54. The van der Waals surface area contributed by atoms with Crippen molar-refractivity contribution in [1.82, 2.24) is 10.3 Å². The van der Waals surface area contributed by atoms with Gasteiger partial charge in [-0.3, -0.25) is 4.79 Å². The Kier molecular flexibility index (Phi) is 5.17. The van der Waals surface area contributed by atoms with Crippen molar-refractivity contribution in [2.75, 3.05) is 19.0 Å². The summed E-state index contributed by atoms with van der Waals surface area (Å²) in [6.45, 7) is 6.93. The lowest BCUT2D eigenvalue weighted by Crippen LogP contribution is -2.40. The van der Waals surface area contributed by atoms with Gasteiger partial charge in [0.05, 0.1) is 12.1 Å². The van der Waals surface area contributed by atoms with Gasteiger partial charge >= 0.3 is 0 Å². The van der Waals surface area contributed by atoms with E-state index in [0.717, 1.165) is 31.0 Å². The van der Waals surface area contributed by atoms with Crippen LogP contribution in [0, 0.1) is 0 Å². The van der Waals surface area contributed by atoms with Crippen molar-refractivity contribution >= 4 is 11.7 Å². The lowest BCUT2D eigenvalue weighted by Gasteiger charge is -2.20. The number of carbonyl (C=O) groups excluding carboxylic acids is 1. The highest BCUT2D eigenvalue weighted by Gasteiger charge is 2.24. The molecule has 5 nitrogen and oxygen atoms in total. The van der Waals surface area contributed by atoms with Gasteiger partial charge in [-0.25, -0.2) is 4.98 Å². The summed E-state index contributed by atoms with van der Waals surface area (Å²) in [6, 6.07) is 3.67. The highest BCUT2D eigenvalue weighted by Crippen LogP contribution is 2.19. The van der Waals surface area contributed by atoms with Gasteiger partial charge < -0.3 is 15.4 Å². The zero-order valence-corrected chi connectivity index (χ0v) is 13.3. The Morgan fingerprint density at radius 3 is 2.71 bits per heavy atom. The van der Waals surface area contributed by atoms with Crippen LogP contribution in [-0.2, 0) is 4.74 Å². The van der Waals surface area contributed by atoms with Gasteiger partial charge in [-0.2, -0.15) is 0 Å². The maximum Gasteiger partial charge on any atom is 0.251 e. The van der Waals surface area contributed by atoms with Crippen molar-refractivity contribution in [3.63, 3.8) is 0 Å². The van der Waals surface area contributed by atoms with Gasteiger partial charge in [-0.15, -0.1) is 0 Å². The van der Waals surface area contributed by atoms with Gasteiger partial charge in [0.25, 0.3) is 5.91 Å². The summed E-state index contributed by atoms with van der Waals surface area (Å²) in [7, 11) is 1.81. The number of carbonyl (C=O) groups is 1. The molecule has 0 saturated carbocycles. The summed E-state index contributed by atoms with van der Waals surface area (Å²) in [5.41, 5.74) is 1.56. The number of aromatic nitrogens is 1. The molecule has 0 aliphatic carbocycles. The van der Waals surface area contributed by atoms with Crippen LogP contribution in [0.4, 0.5) is 5.82 Å². The zero-order chi connectivity index (χ0) is 15.4. The molecule has 0 radical (unpaired) electrons. The van der Waals surface area contributed by atoms with Crippen LogP contribution in [0.25, 0.3) is 0 Å². The number of hydrogen-bond donors (Lipinski definition) is 2. The molecule has 2 rings (SSSR count). The molecular weight excluding hydrogens is 266 g/mol. The Balaban J connectivity index is 2.12. The second kappa shape index (κ2) is 6.89. The quantitative estimate of drug-likeness (QED) is 0.875. The normalized spacial score (nSPS) is 19.6. The predicted molar refractivity (Wildman–Crippen MR) is 83.8 cm³/mol. The molecule has 2 unspecified atom stereocenters. The van der Waals surface area contributed by atoms with Gasteiger partial charge in [-0.05, 0) is 37.8 Å². The maximum atomic E-state index is 12.4. The molecule has 116 valence electrons. The summed E-state index contributed by atoms with van der Waals surface area (Å²) < 4.78 is 5.62. The van der Waals surface area contributed by atoms with E-state index in [1.54, 1.807) is 6.07 Å². The molecule has 1 aliphatic heterocycles. The van der Waals surface area contributed by atoms with E-state index in [1.165, 1.54) is 0 Å². The average Bonchev–Trinajstić information content (AvgIpc) is 3.00. The van der Waals surface area contributed by atoms with Crippen LogP contribution in [0.2, 0.25) is 0 Å². The van der Waals surface area contributed by atoms with Gasteiger partial charge in [0, 0.05) is 24.9 Å². The van der Waals surface area contributed by atoms with Crippen molar-refractivity contribution in [2.45, 2.75) is 51.7 Å². The third kappa shape index (κ3) is 3.94. The number of nitrogens with one attached hydrogen (secondary N) is 2. The lowest BCUT2D eigenvalue weighted by atomic mass is 10.1. The summed E-state index contributed by atoms with van der Waals surface area (Å²) in [4.78, 5) is 16.9. The Morgan fingerprint density at radius 1 is 1.38 bits per heavy atom. The molecule has 5 heteroatoms. The van der Waals surface area contributed by atoms with Crippen molar-refractivity contribution in [1.29, 1.82) is 0 Å². The third-order valence-electron chi connectivity index (χ3n) is 3.84. The van der Waals surface area contributed by atoms with E-state index in [2.05, 4.69) is 29.5 Å². The molecule has 0 aromatic carbocycles. The molecule has 2 heterocycles. The number of pyridine rings is 1. The molecule has 1 aromatic heterocycles. The number of nitrogens with zero attached hydrogens (tertiary/aromatic N) is 1. The van der Waals surface area contributed by atoms with Crippen LogP contribution in [0.3, 0.4) is 0 Å². The summed E-state index contributed by atoms with van der Waals surface area (Å²) in [5, 5.41) is 6.05. The van der Waals surface area contributed by atoms with E-state index in [4.69, 9.17) is 4.74 Å². The zero-order valence-electron chi connectivity index (χ0n) is 13.3. The summed E-state index contributed by atoms with van der Waals surface area (Å²) in [6.07, 6.45) is 2.21. The number of rotatable bonds is 5. The Bertz CT molecular complexity index is 496. The third-order valence-corrected chi connectivity index (χ3v) is 3.84. The minimum atomic E-state index is -0.0706. The number of amides is 1. The van der Waals surface area contributed by atoms with Gasteiger partial charge in [-0.1, -0.05) is 13.8 Å². The smallest absolute Gasteiger partial charge is 0.251 e.